The zero-order chi connectivity index (χ0) is 18.3. The number of nitrogens with one attached hydrogen (secondary N) is 1. The van der Waals surface area contributed by atoms with E-state index in [1.165, 1.54) is 6.20 Å². The molecular formula is C17H10F5NO2. The first-order valence-corrected chi connectivity index (χ1v) is 7.11. The lowest BCUT2D eigenvalue weighted by atomic mass is 10.1. The van der Waals surface area contributed by atoms with Gasteiger partial charge in [0.2, 0.25) is 34.9 Å². The van der Waals surface area contributed by atoms with Gasteiger partial charge in [-0.25, -0.2) is 13.2 Å². The van der Waals surface area contributed by atoms with Crippen LogP contribution in [0.5, 0.6) is 5.75 Å². The number of aromatic amines is 1. The van der Waals surface area contributed by atoms with Crippen LogP contribution in [0.15, 0.2) is 30.5 Å². The van der Waals surface area contributed by atoms with E-state index in [1.54, 1.807) is 24.3 Å². The van der Waals surface area contributed by atoms with Crippen LogP contribution < -0.4 is 4.74 Å². The first-order valence-electron chi connectivity index (χ1n) is 7.11. The summed E-state index contributed by atoms with van der Waals surface area (Å²) in [6.45, 7) is 1.15. The number of Topliss-reactive ketones (excluding diaryl/α,β-unsaturated/α-hetero) is 1. The first-order chi connectivity index (χ1) is 11.8. The quantitative estimate of drug-likeness (QED) is 0.324. The van der Waals surface area contributed by atoms with Gasteiger partial charge >= 0.3 is 0 Å². The van der Waals surface area contributed by atoms with Gasteiger partial charge in [-0.2, -0.15) is 8.78 Å². The second-order valence-corrected chi connectivity index (χ2v) is 5.27. The molecule has 1 aromatic heterocycles. The molecule has 3 nitrogen and oxygen atoms in total. The van der Waals surface area contributed by atoms with Crippen molar-refractivity contribution in [2.45, 2.75) is 13.0 Å². The molecule has 0 aliphatic heterocycles. The molecule has 2 aromatic carbocycles. The second kappa shape index (κ2) is 6.19. The van der Waals surface area contributed by atoms with E-state index >= 15 is 0 Å². The summed E-state index contributed by atoms with van der Waals surface area (Å²) >= 11 is 0. The van der Waals surface area contributed by atoms with Crippen LogP contribution in [0.2, 0.25) is 0 Å². The minimum Gasteiger partial charge on any atom is -0.476 e. The van der Waals surface area contributed by atoms with Crippen molar-refractivity contribution in [3.63, 3.8) is 0 Å². The average Bonchev–Trinajstić information content (AvgIpc) is 3.05. The first kappa shape index (κ1) is 16.9. The van der Waals surface area contributed by atoms with Gasteiger partial charge in [-0.05, 0) is 13.0 Å². The fourth-order valence-corrected chi connectivity index (χ4v) is 2.41. The number of ether oxygens (including phenoxy) is 1. The predicted octanol–water partition coefficient (Wildman–Crippen LogP) is 4.51. The third kappa shape index (κ3) is 2.73. The zero-order valence-electron chi connectivity index (χ0n) is 12.7. The Kier molecular flexibility index (Phi) is 4.20. The molecule has 0 unspecified atom stereocenters. The summed E-state index contributed by atoms with van der Waals surface area (Å²) in [6, 6.07) is 6.77. The number of para-hydroxylation sites is 1. The molecule has 1 N–H and O–H groups in total. The topological polar surface area (TPSA) is 42.1 Å². The van der Waals surface area contributed by atoms with Gasteiger partial charge in [0, 0.05) is 22.7 Å². The average molecular weight is 355 g/mol. The predicted molar refractivity (Wildman–Crippen MR) is 79.0 cm³/mol. The molecule has 3 rings (SSSR count). The van der Waals surface area contributed by atoms with Crippen LogP contribution in [-0.4, -0.2) is 16.9 Å². The summed E-state index contributed by atoms with van der Waals surface area (Å²) in [5, 5.41) is 0.542. The number of carbonyl (C=O) groups is 1. The molecular weight excluding hydrogens is 345 g/mol. The standard InChI is InChI=1S/C17H10F5NO2/c1-7(16(24)9-6-23-10-5-3-2-4-8(9)10)25-17-14(21)12(19)11(18)13(20)15(17)22/h2-7,23H,1H3/t7-/m1/s1. The summed E-state index contributed by atoms with van der Waals surface area (Å²) in [7, 11) is 0. The van der Waals surface area contributed by atoms with Crippen LogP contribution in [0.4, 0.5) is 22.0 Å². The van der Waals surface area contributed by atoms with E-state index in [2.05, 4.69) is 4.98 Å². The maximum atomic E-state index is 13.7. The Balaban J connectivity index is 1.95. The van der Waals surface area contributed by atoms with E-state index in [4.69, 9.17) is 4.74 Å². The summed E-state index contributed by atoms with van der Waals surface area (Å²) in [5.74, 6) is -13.0. The fraction of sp³-hybridized carbons (Fsp3) is 0.118. The SMILES string of the molecule is C[C@@H](Oc1c(F)c(F)c(F)c(F)c1F)C(=O)c1c[nH]c2ccccc12. The summed E-state index contributed by atoms with van der Waals surface area (Å²) in [5.41, 5.74) is 0.821. The lowest BCUT2D eigenvalue weighted by Crippen LogP contribution is -2.25. The van der Waals surface area contributed by atoms with E-state index in [0.29, 0.717) is 10.9 Å². The molecule has 0 spiro atoms. The van der Waals surface area contributed by atoms with Gasteiger partial charge < -0.3 is 9.72 Å². The van der Waals surface area contributed by atoms with Crippen LogP contribution in [0.3, 0.4) is 0 Å². The van der Waals surface area contributed by atoms with E-state index in [-0.39, 0.29) is 5.56 Å². The third-order valence-electron chi connectivity index (χ3n) is 3.69. The van der Waals surface area contributed by atoms with Crippen molar-refractivity contribution >= 4 is 16.7 Å². The number of fused-ring (bicyclic) bond motifs is 1. The van der Waals surface area contributed by atoms with Crippen molar-refractivity contribution in [3.8, 4) is 5.75 Å². The van der Waals surface area contributed by atoms with Crippen molar-refractivity contribution in [1.82, 2.24) is 4.98 Å². The molecule has 8 heteroatoms. The monoisotopic (exact) mass is 355 g/mol. The molecule has 0 radical (unpaired) electrons. The minimum absolute atomic E-state index is 0.173. The normalized spacial score (nSPS) is 12.4. The summed E-state index contributed by atoms with van der Waals surface area (Å²) in [6.07, 6.45) is -0.0988. The summed E-state index contributed by atoms with van der Waals surface area (Å²) < 4.78 is 71.5. The number of halogens is 5. The van der Waals surface area contributed by atoms with E-state index in [0.717, 1.165) is 6.92 Å². The fourth-order valence-electron chi connectivity index (χ4n) is 2.41. The molecule has 25 heavy (non-hydrogen) atoms. The number of H-pyrrole nitrogens is 1. The molecule has 0 saturated heterocycles. The summed E-state index contributed by atoms with van der Waals surface area (Å²) in [4.78, 5) is 15.3. The van der Waals surface area contributed by atoms with Gasteiger partial charge in [0.05, 0.1) is 0 Å². The molecule has 0 bridgehead atoms. The molecule has 1 atom stereocenters. The lowest BCUT2D eigenvalue weighted by molar-refractivity contribution is 0.0802. The number of hydrogen-bond acceptors (Lipinski definition) is 2. The van der Waals surface area contributed by atoms with Gasteiger partial charge in [0.1, 0.15) is 0 Å². The lowest BCUT2D eigenvalue weighted by Gasteiger charge is -2.15. The van der Waals surface area contributed by atoms with Crippen molar-refractivity contribution < 1.29 is 31.5 Å². The van der Waals surface area contributed by atoms with E-state index < -0.39 is 46.7 Å². The number of aromatic nitrogens is 1. The molecule has 3 aromatic rings. The van der Waals surface area contributed by atoms with Crippen LogP contribution in [0.1, 0.15) is 17.3 Å². The van der Waals surface area contributed by atoms with Crippen LogP contribution >= 0.6 is 0 Å². The highest BCUT2D eigenvalue weighted by Gasteiger charge is 2.30. The van der Waals surface area contributed by atoms with Crippen LogP contribution in [0.25, 0.3) is 10.9 Å². The van der Waals surface area contributed by atoms with Gasteiger partial charge in [0.15, 0.2) is 11.9 Å². The second-order valence-electron chi connectivity index (χ2n) is 5.27. The van der Waals surface area contributed by atoms with Crippen LogP contribution in [0, 0.1) is 29.1 Å². The highest BCUT2D eigenvalue weighted by Crippen LogP contribution is 2.30. The van der Waals surface area contributed by atoms with Crippen molar-refractivity contribution in [3.05, 3.63) is 65.1 Å². The highest BCUT2D eigenvalue weighted by atomic mass is 19.2. The molecule has 0 aliphatic carbocycles. The zero-order valence-corrected chi connectivity index (χ0v) is 12.7. The number of benzene rings is 2. The molecule has 0 saturated carbocycles. The maximum Gasteiger partial charge on any atom is 0.207 e. The molecule has 1 heterocycles. The van der Waals surface area contributed by atoms with E-state index in [9.17, 15) is 26.7 Å². The van der Waals surface area contributed by atoms with Crippen LogP contribution in [-0.2, 0) is 0 Å². The third-order valence-corrected chi connectivity index (χ3v) is 3.69. The Morgan fingerprint density at radius 2 is 1.52 bits per heavy atom. The highest BCUT2D eigenvalue weighted by molar-refractivity contribution is 6.09. The van der Waals surface area contributed by atoms with Gasteiger partial charge in [0.25, 0.3) is 0 Å². The Hall–Kier alpha value is -2.90. The maximum absolute atomic E-state index is 13.7. The smallest absolute Gasteiger partial charge is 0.207 e. The van der Waals surface area contributed by atoms with E-state index in [1.807, 2.05) is 0 Å². The van der Waals surface area contributed by atoms with Gasteiger partial charge in [-0.3, -0.25) is 4.79 Å². The van der Waals surface area contributed by atoms with Crippen molar-refractivity contribution in [2.24, 2.45) is 0 Å². The van der Waals surface area contributed by atoms with Crippen molar-refractivity contribution in [2.75, 3.05) is 0 Å². The van der Waals surface area contributed by atoms with Crippen molar-refractivity contribution in [1.29, 1.82) is 0 Å². The number of rotatable bonds is 4. The van der Waals surface area contributed by atoms with Gasteiger partial charge in [-0.1, -0.05) is 18.2 Å². The van der Waals surface area contributed by atoms with Gasteiger partial charge in [-0.15, -0.1) is 0 Å². The Morgan fingerprint density at radius 3 is 2.16 bits per heavy atom. The number of hydrogen-bond donors (Lipinski definition) is 1. The molecule has 130 valence electrons. The Morgan fingerprint density at radius 1 is 0.960 bits per heavy atom. The molecule has 0 aliphatic rings. The molecule has 0 amide bonds. The largest absolute Gasteiger partial charge is 0.476 e. The minimum atomic E-state index is -2.29. The Bertz CT molecular complexity index is 954. The molecule has 0 fully saturated rings. The number of ketones is 1. The number of carbonyl (C=O) groups excluding carboxylic acids is 1. The Labute approximate surface area is 138 Å².